The average molecular weight is 262 g/mol. The Morgan fingerprint density at radius 3 is 2.33 bits per heavy atom. The van der Waals surface area contributed by atoms with E-state index in [0.717, 1.165) is 17.9 Å². The number of hydrogen-bond acceptors (Lipinski definition) is 3. The zero-order valence-corrected chi connectivity index (χ0v) is 11.9. The first kappa shape index (κ1) is 12.1. The second kappa shape index (κ2) is 5.33. The van der Waals surface area contributed by atoms with Gasteiger partial charge in [0.2, 0.25) is 5.55 Å². The van der Waals surface area contributed by atoms with Gasteiger partial charge in [-0.2, -0.15) is 0 Å². The van der Waals surface area contributed by atoms with E-state index in [1.165, 1.54) is 37.4 Å². The third kappa shape index (κ3) is 2.68. The molecule has 2 aliphatic rings. The van der Waals surface area contributed by atoms with Crippen molar-refractivity contribution in [1.82, 2.24) is 0 Å². The maximum atomic E-state index is 12.7. The Kier molecular flexibility index (Phi) is 4.32. The van der Waals surface area contributed by atoms with Crippen molar-refractivity contribution in [1.29, 1.82) is 0 Å². The van der Waals surface area contributed by atoms with Gasteiger partial charge in [-0.25, -0.2) is 0 Å². The summed E-state index contributed by atoms with van der Waals surface area (Å²) in [5, 5.41) is 1.34. The van der Waals surface area contributed by atoms with Crippen molar-refractivity contribution in [2.45, 2.75) is 45.4 Å². The normalized spacial score (nSPS) is 25.5. The summed E-state index contributed by atoms with van der Waals surface area (Å²) in [5.41, 5.74) is -0.486. The van der Waals surface area contributed by atoms with Crippen LogP contribution in [-0.2, 0) is 4.57 Å². The maximum absolute atomic E-state index is 12.7. The third-order valence-corrected chi connectivity index (χ3v) is 12.5. The first-order chi connectivity index (χ1) is 7.26. The second-order valence-electron chi connectivity index (χ2n) is 4.13. The molecule has 15 heavy (non-hydrogen) atoms. The lowest BCUT2D eigenvalue weighted by molar-refractivity contribution is 0.584. The lowest BCUT2D eigenvalue weighted by Crippen LogP contribution is -1.97. The standard InChI is InChI=1S/C11H19OPS2/c1-2-11(10-6-4-3-5-7-10)13(12)14-8-9-15-13/h2-9H2,1H3. The van der Waals surface area contributed by atoms with Gasteiger partial charge >= 0.3 is 0 Å². The van der Waals surface area contributed by atoms with Crippen molar-refractivity contribution < 1.29 is 4.57 Å². The molecule has 1 saturated carbocycles. The molecule has 1 heterocycles. The molecule has 0 spiro atoms. The van der Waals surface area contributed by atoms with Gasteiger partial charge in [0.25, 0.3) is 0 Å². The predicted octanol–water partition coefficient (Wildman–Crippen LogP) is 5.29. The molecule has 0 bridgehead atoms. The van der Waals surface area contributed by atoms with Crippen molar-refractivity contribution in [2.24, 2.45) is 0 Å². The van der Waals surface area contributed by atoms with E-state index in [0.29, 0.717) is 0 Å². The van der Waals surface area contributed by atoms with E-state index >= 15 is 0 Å². The van der Waals surface area contributed by atoms with E-state index in [-0.39, 0.29) is 0 Å². The van der Waals surface area contributed by atoms with Gasteiger partial charge < -0.3 is 0 Å². The van der Waals surface area contributed by atoms with Crippen molar-refractivity contribution in [3.63, 3.8) is 0 Å². The molecular weight excluding hydrogens is 243 g/mol. The third-order valence-electron chi connectivity index (χ3n) is 3.14. The molecule has 0 atom stereocenters. The minimum absolute atomic E-state index is 1.01. The molecule has 1 saturated heterocycles. The molecule has 0 amide bonds. The quantitative estimate of drug-likeness (QED) is 0.629. The number of rotatable bonds is 2. The number of hydrogen-bond donors (Lipinski definition) is 0. The summed E-state index contributed by atoms with van der Waals surface area (Å²) in [6.07, 6.45) is 7.43. The summed E-state index contributed by atoms with van der Waals surface area (Å²) < 4.78 is 12.7. The Hall–Kier alpha value is 0.670. The first-order valence-corrected chi connectivity index (χ1v) is 10.8. The van der Waals surface area contributed by atoms with Crippen LogP contribution in [0, 0.1) is 0 Å². The van der Waals surface area contributed by atoms with E-state index in [1.54, 1.807) is 28.3 Å². The van der Waals surface area contributed by atoms with Gasteiger partial charge in [0.1, 0.15) is 0 Å². The minimum atomic E-state index is -2.04. The topological polar surface area (TPSA) is 17.1 Å². The van der Waals surface area contributed by atoms with Crippen LogP contribution in [0.4, 0.5) is 0 Å². The van der Waals surface area contributed by atoms with Crippen LogP contribution >= 0.6 is 28.3 Å². The molecule has 2 fully saturated rings. The lowest BCUT2D eigenvalue weighted by atomic mass is 9.94. The predicted molar refractivity (Wildman–Crippen MR) is 72.9 cm³/mol. The summed E-state index contributed by atoms with van der Waals surface area (Å²) in [6.45, 7) is 2.18. The molecule has 2 rings (SSSR count). The van der Waals surface area contributed by atoms with E-state index in [1.807, 2.05) is 0 Å². The smallest absolute Gasteiger partial charge is 0.215 e. The summed E-state index contributed by atoms with van der Waals surface area (Å²) in [6, 6.07) is 0. The van der Waals surface area contributed by atoms with Crippen LogP contribution in [0.3, 0.4) is 0 Å². The van der Waals surface area contributed by atoms with Crippen molar-refractivity contribution in [2.75, 3.05) is 11.5 Å². The van der Waals surface area contributed by atoms with Gasteiger partial charge in [-0.15, -0.1) is 0 Å². The zero-order chi connectivity index (χ0) is 10.7. The van der Waals surface area contributed by atoms with Crippen LogP contribution in [0.1, 0.15) is 45.4 Å². The van der Waals surface area contributed by atoms with Gasteiger partial charge in [-0.1, -0.05) is 41.7 Å². The fourth-order valence-corrected chi connectivity index (χ4v) is 12.4. The van der Waals surface area contributed by atoms with Gasteiger partial charge in [0.05, 0.1) is 0 Å². The first-order valence-electron chi connectivity index (χ1n) is 5.87. The van der Waals surface area contributed by atoms with Crippen LogP contribution in [0.25, 0.3) is 0 Å². The van der Waals surface area contributed by atoms with Gasteiger partial charge in [0, 0.05) is 16.8 Å². The van der Waals surface area contributed by atoms with Crippen LogP contribution in [0.15, 0.2) is 10.9 Å². The average Bonchev–Trinajstić information content (AvgIpc) is 2.68. The summed E-state index contributed by atoms with van der Waals surface area (Å²) in [5.74, 6) is 2.16. The highest BCUT2D eigenvalue weighted by molar-refractivity contribution is 8.93. The second-order valence-corrected chi connectivity index (χ2v) is 12.3. The SMILES string of the molecule is CCC(=C1CCCCC1)P1(=O)SCCS1. The van der Waals surface area contributed by atoms with Gasteiger partial charge in [-0.3, -0.25) is 4.57 Å². The molecule has 4 heteroatoms. The lowest BCUT2D eigenvalue weighted by Gasteiger charge is -2.21. The highest BCUT2D eigenvalue weighted by Gasteiger charge is 2.34. The Morgan fingerprint density at radius 2 is 1.80 bits per heavy atom. The Labute approximate surface area is 101 Å². The molecule has 1 aliphatic heterocycles. The maximum Gasteiger partial charge on any atom is 0.215 e. The fraction of sp³-hybridized carbons (Fsp3) is 0.818. The summed E-state index contributed by atoms with van der Waals surface area (Å²) >= 11 is 3.46. The molecule has 0 radical (unpaired) electrons. The number of allylic oxidation sites excluding steroid dienone is 2. The minimum Gasteiger partial charge on any atom is -0.296 e. The Morgan fingerprint density at radius 1 is 1.20 bits per heavy atom. The summed E-state index contributed by atoms with van der Waals surface area (Å²) in [4.78, 5) is 0. The van der Waals surface area contributed by atoms with Crippen molar-refractivity contribution in [3.8, 4) is 0 Å². The van der Waals surface area contributed by atoms with E-state index in [4.69, 9.17) is 0 Å². The highest BCUT2D eigenvalue weighted by atomic mass is 33.1. The highest BCUT2D eigenvalue weighted by Crippen LogP contribution is 2.79. The largest absolute Gasteiger partial charge is 0.296 e. The van der Waals surface area contributed by atoms with E-state index < -0.39 is 5.55 Å². The summed E-state index contributed by atoms with van der Waals surface area (Å²) in [7, 11) is 0. The van der Waals surface area contributed by atoms with Gasteiger partial charge in [-0.05, 0) is 32.1 Å². The van der Waals surface area contributed by atoms with Crippen molar-refractivity contribution in [3.05, 3.63) is 10.9 Å². The van der Waals surface area contributed by atoms with Gasteiger partial charge in [0.15, 0.2) is 0 Å². The Balaban J connectivity index is 2.24. The van der Waals surface area contributed by atoms with Crippen molar-refractivity contribution >= 4 is 28.3 Å². The Bertz CT molecular complexity index is 294. The fourth-order valence-electron chi connectivity index (χ4n) is 2.41. The molecule has 0 N–H and O–H groups in total. The van der Waals surface area contributed by atoms with Crippen LogP contribution in [0.2, 0.25) is 0 Å². The molecule has 0 unspecified atom stereocenters. The molecule has 0 aromatic carbocycles. The zero-order valence-electron chi connectivity index (χ0n) is 9.33. The van der Waals surface area contributed by atoms with Crippen LogP contribution in [0.5, 0.6) is 0 Å². The molecule has 0 aromatic rings. The van der Waals surface area contributed by atoms with E-state index in [2.05, 4.69) is 6.92 Å². The molecule has 86 valence electrons. The molecular formula is C11H19OPS2. The van der Waals surface area contributed by atoms with E-state index in [9.17, 15) is 4.57 Å². The molecule has 1 aliphatic carbocycles. The molecule has 0 aromatic heterocycles. The molecule has 1 nitrogen and oxygen atoms in total. The van der Waals surface area contributed by atoms with Crippen LogP contribution in [-0.4, -0.2) is 11.5 Å². The monoisotopic (exact) mass is 262 g/mol. The van der Waals surface area contributed by atoms with Crippen LogP contribution < -0.4 is 0 Å².